The van der Waals surface area contributed by atoms with E-state index in [0.29, 0.717) is 34.1 Å². The van der Waals surface area contributed by atoms with Crippen LogP contribution < -0.4 is 15.0 Å². The van der Waals surface area contributed by atoms with Gasteiger partial charge in [0, 0.05) is 12.7 Å². The lowest BCUT2D eigenvalue weighted by Crippen LogP contribution is -2.28. The van der Waals surface area contributed by atoms with Crippen molar-refractivity contribution < 1.29 is 14.2 Å². The minimum absolute atomic E-state index is 0.0733. The van der Waals surface area contributed by atoms with Crippen molar-refractivity contribution in [3.8, 4) is 11.5 Å². The zero-order valence-corrected chi connectivity index (χ0v) is 14.3. The van der Waals surface area contributed by atoms with Crippen molar-refractivity contribution in [3.05, 3.63) is 22.5 Å². The van der Waals surface area contributed by atoms with Crippen LogP contribution in [0.3, 0.4) is 0 Å². The quantitative estimate of drug-likeness (QED) is 0.617. The van der Waals surface area contributed by atoms with E-state index in [1.165, 1.54) is 11.8 Å². The molecule has 1 aromatic carbocycles. The number of aromatic nitrogens is 2. The van der Waals surface area contributed by atoms with E-state index in [4.69, 9.17) is 14.2 Å². The highest BCUT2D eigenvalue weighted by molar-refractivity contribution is 7.98. The van der Waals surface area contributed by atoms with Gasteiger partial charge in [-0.3, -0.25) is 9.36 Å². The SMILES string of the molecule is COc1cc2nc(SC)n(CC3CCCO3)c(=O)c2cc1OC. The fourth-order valence-corrected chi connectivity index (χ4v) is 3.40. The molecule has 3 rings (SSSR count). The first-order valence-corrected chi connectivity index (χ1v) is 8.72. The molecule has 0 N–H and O–H groups in total. The molecule has 1 aromatic heterocycles. The molecule has 0 aliphatic carbocycles. The number of hydrogen-bond acceptors (Lipinski definition) is 6. The molecule has 2 heterocycles. The summed E-state index contributed by atoms with van der Waals surface area (Å²) in [6.07, 6.45) is 4.02. The molecule has 0 spiro atoms. The first kappa shape index (κ1) is 16.1. The molecule has 6 nitrogen and oxygen atoms in total. The van der Waals surface area contributed by atoms with E-state index in [0.717, 1.165) is 19.4 Å². The second-order valence-corrected chi connectivity index (χ2v) is 6.15. The van der Waals surface area contributed by atoms with Gasteiger partial charge in [0.15, 0.2) is 16.7 Å². The zero-order chi connectivity index (χ0) is 16.4. The normalized spacial score (nSPS) is 17.6. The minimum Gasteiger partial charge on any atom is -0.493 e. The van der Waals surface area contributed by atoms with Gasteiger partial charge in [0.2, 0.25) is 0 Å². The summed E-state index contributed by atoms with van der Waals surface area (Å²) in [5.74, 6) is 1.09. The lowest BCUT2D eigenvalue weighted by atomic mass is 10.2. The second-order valence-electron chi connectivity index (χ2n) is 5.37. The molecule has 2 aromatic rings. The van der Waals surface area contributed by atoms with E-state index in [2.05, 4.69) is 4.98 Å². The van der Waals surface area contributed by atoms with Crippen molar-refractivity contribution in [1.82, 2.24) is 9.55 Å². The largest absolute Gasteiger partial charge is 0.493 e. The number of hydrogen-bond donors (Lipinski definition) is 0. The van der Waals surface area contributed by atoms with Crippen molar-refractivity contribution in [3.63, 3.8) is 0 Å². The van der Waals surface area contributed by atoms with Crippen LogP contribution in [0.5, 0.6) is 11.5 Å². The van der Waals surface area contributed by atoms with Gasteiger partial charge in [-0.05, 0) is 25.2 Å². The number of ether oxygens (including phenoxy) is 3. The van der Waals surface area contributed by atoms with Gasteiger partial charge < -0.3 is 14.2 Å². The monoisotopic (exact) mass is 336 g/mol. The summed E-state index contributed by atoms with van der Waals surface area (Å²) >= 11 is 1.46. The molecule has 23 heavy (non-hydrogen) atoms. The number of benzene rings is 1. The van der Waals surface area contributed by atoms with E-state index >= 15 is 0 Å². The van der Waals surface area contributed by atoms with Crippen molar-refractivity contribution in [2.24, 2.45) is 0 Å². The van der Waals surface area contributed by atoms with Crippen LogP contribution in [0.2, 0.25) is 0 Å². The highest BCUT2D eigenvalue weighted by Crippen LogP contribution is 2.31. The van der Waals surface area contributed by atoms with Crippen molar-refractivity contribution in [1.29, 1.82) is 0 Å². The van der Waals surface area contributed by atoms with Crippen molar-refractivity contribution in [2.75, 3.05) is 27.1 Å². The standard InChI is InChI=1S/C16H20N2O4S/c1-20-13-7-11-12(8-14(13)21-2)17-16(23-3)18(15(11)19)9-10-5-4-6-22-10/h7-8,10H,4-6,9H2,1-3H3. The highest BCUT2D eigenvalue weighted by Gasteiger charge is 2.20. The van der Waals surface area contributed by atoms with Gasteiger partial charge in [-0.25, -0.2) is 4.98 Å². The summed E-state index contributed by atoms with van der Waals surface area (Å²) in [7, 11) is 3.12. The van der Waals surface area contributed by atoms with Crippen molar-refractivity contribution in [2.45, 2.75) is 30.6 Å². The summed E-state index contributed by atoms with van der Waals surface area (Å²) in [6.45, 7) is 1.30. The molecule has 0 radical (unpaired) electrons. The predicted octanol–water partition coefficient (Wildman–Crippen LogP) is 2.31. The molecule has 0 amide bonds. The van der Waals surface area contributed by atoms with Gasteiger partial charge >= 0.3 is 0 Å². The Hall–Kier alpha value is -1.73. The molecule has 1 aliphatic heterocycles. The molecule has 1 aliphatic rings. The Morgan fingerprint density at radius 3 is 2.70 bits per heavy atom. The maximum atomic E-state index is 12.9. The van der Waals surface area contributed by atoms with E-state index in [-0.39, 0.29) is 11.7 Å². The molecule has 1 atom stereocenters. The Kier molecular flexibility index (Phi) is 4.77. The fourth-order valence-electron chi connectivity index (χ4n) is 2.84. The average Bonchev–Trinajstić information content (AvgIpc) is 3.09. The number of methoxy groups -OCH3 is 2. The average molecular weight is 336 g/mol. The topological polar surface area (TPSA) is 62.6 Å². The van der Waals surface area contributed by atoms with Crippen LogP contribution in [0.15, 0.2) is 22.1 Å². The maximum absolute atomic E-state index is 12.9. The molecule has 0 bridgehead atoms. The Balaban J connectivity index is 2.15. The lowest BCUT2D eigenvalue weighted by molar-refractivity contribution is 0.0937. The summed E-state index contributed by atoms with van der Waals surface area (Å²) in [5.41, 5.74) is 0.538. The number of rotatable bonds is 5. The molecule has 124 valence electrons. The van der Waals surface area contributed by atoms with Gasteiger partial charge in [-0.15, -0.1) is 0 Å². The third-order valence-electron chi connectivity index (χ3n) is 4.02. The smallest absolute Gasteiger partial charge is 0.262 e. The number of thioether (sulfide) groups is 1. The van der Waals surface area contributed by atoms with Crippen LogP contribution >= 0.6 is 11.8 Å². The minimum atomic E-state index is -0.0733. The zero-order valence-electron chi connectivity index (χ0n) is 13.5. The van der Waals surface area contributed by atoms with Gasteiger partial charge in [0.05, 0.1) is 37.8 Å². The van der Waals surface area contributed by atoms with Crippen LogP contribution in [0, 0.1) is 0 Å². The summed E-state index contributed by atoms with van der Waals surface area (Å²) in [4.78, 5) is 17.5. The van der Waals surface area contributed by atoms with E-state index in [9.17, 15) is 4.79 Å². The second kappa shape index (κ2) is 6.80. The molecular formula is C16H20N2O4S. The van der Waals surface area contributed by atoms with Gasteiger partial charge in [-0.1, -0.05) is 11.8 Å². The third-order valence-corrected chi connectivity index (χ3v) is 4.69. The molecule has 1 fully saturated rings. The lowest BCUT2D eigenvalue weighted by Gasteiger charge is -2.16. The van der Waals surface area contributed by atoms with E-state index < -0.39 is 0 Å². The first-order valence-electron chi connectivity index (χ1n) is 7.50. The third kappa shape index (κ3) is 3.03. The van der Waals surface area contributed by atoms with Crippen molar-refractivity contribution >= 4 is 22.7 Å². The summed E-state index contributed by atoms with van der Waals surface area (Å²) in [5, 5.41) is 1.21. The molecule has 7 heteroatoms. The highest BCUT2D eigenvalue weighted by atomic mass is 32.2. The fraction of sp³-hybridized carbons (Fsp3) is 0.500. The predicted molar refractivity (Wildman–Crippen MR) is 89.9 cm³/mol. The van der Waals surface area contributed by atoms with E-state index in [1.807, 2.05) is 6.26 Å². The van der Waals surface area contributed by atoms with Crippen LogP contribution in [0.25, 0.3) is 10.9 Å². The maximum Gasteiger partial charge on any atom is 0.262 e. The van der Waals surface area contributed by atoms with Gasteiger partial charge in [0.25, 0.3) is 5.56 Å². The van der Waals surface area contributed by atoms with Gasteiger partial charge in [0.1, 0.15) is 0 Å². The van der Waals surface area contributed by atoms with Crippen LogP contribution in [0.1, 0.15) is 12.8 Å². The Morgan fingerprint density at radius 2 is 2.09 bits per heavy atom. The molecule has 0 saturated carbocycles. The Morgan fingerprint density at radius 1 is 1.35 bits per heavy atom. The molecular weight excluding hydrogens is 316 g/mol. The van der Waals surface area contributed by atoms with E-state index in [1.54, 1.807) is 30.9 Å². The molecule has 1 unspecified atom stereocenters. The molecule has 1 saturated heterocycles. The summed E-state index contributed by atoms with van der Waals surface area (Å²) < 4.78 is 18.0. The van der Waals surface area contributed by atoms with Crippen LogP contribution in [-0.4, -0.2) is 42.7 Å². The first-order chi connectivity index (χ1) is 11.2. The van der Waals surface area contributed by atoms with Crippen LogP contribution in [-0.2, 0) is 11.3 Å². The number of fused-ring (bicyclic) bond motifs is 1. The van der Waals surface area contributed by atoms with Crippen LogP contribution in [0.4, 0.5) is 0 Å². The van der Waals surface area contributed by atoms with Gasteiger partial charge in [-0.2, -0.15) is 0 Å². The summed E-state index contributed by atoms with van der Waals surface area (Å²) in [6, 6.07) is 3.44. The Labute approximate surface area is 138 Å². The number of nitrogens with zero attached hydrogens (tertiary/aromatic N) is 2. The Bertz CT molecular complexity index is 769.